The molecule has 0 radical (unpaired) electrons. The van der Waals surface area contributed by atoms with Crippen LogP contribution in [-0.4, -0.2) is 11.5 Å². The minimum Gasteiger partial charge on any atom is -0.492 e. The average molecular weight is 272 g/mol. The van der Waals surface area contributed by atoms with Crippen molar-refractivity contribution in [2.75, 3.05) is 6.61 Å². The Morgan fingerprint density at radius 1 is 1.45 bits per heavy atom. The van der Waals surface area contributed by atoms with E-state index in [4.69, 9.17) is 10.00 Å². The third-order valence-electron chi connectivity index (χ3n) is 3.67. The quantitative estimate of drug-likeness (QED) is 0.478. The van der Waals surface area contributed by atoms with Crippen molar-refractivity contribution in [2.45, 2.75) is 19.8 Å². The largest absolute Gasteiger partial charge is 0.492 e. The van der Waals surface area contributed by atoms with Crippen LogP contribution >= 0.6 is 0 Å². The van der Waals surface area contributed by atoms with Gasteiger partial charge in [-0.3, -0.25) is 10.1 Å². The van der Waals surface area contributed by atoms with Crippen LogP contribution in [-0.2, 0) is 0 Å². The fraction of sp³-hybridized carbons (Fsp3) is 0.400. The standard InChI is InChI=1S/C15H16N2O3/c1-11-4-2-3-5-12(11)10-20-15-7-6-14(17(18)19)8-13(15)9-16/h2-3,6-8,11-12H,4-5,10H2,1H3. The highest BCUT2D eigenvalue weighted by Gasteiger charge is 2.20. The molecule has 1 aromatic carbocycles. The van der Waals surface area contributed by atoms with Gasteiger partial charge in [0.05, 0.1) is 11.5 Å². The fourth-order valence-corrected chi connectivity index (χ4v) is 2.28. The molecule has 0 heterocycles. The molecule has 2 atom stereocenters. The van der Waals surface area contributed by atoms with Crippen molar-refractivity contribution in [3.8, 4) is 11.8 Å². The normalized spacial score (nSPS) is 21.2. The maximum atomic E-state index is 10.7. The molecule has 0 fully saturated rings. The number of benzene rings is 1. The minimum absolute atomic E-state index is 0.0946. The molecule has 0 aliphatic heterocycles. The molecule has 0 amide bonds. The minimum atomic E-state index is -0.515. The lowest BCUT2D eigenvalue weighted by Crippen LogP contribution is -2.21. The molecule has 0 spiro atoms. The van der Waals surface area contributed by atoms with Crippen molar-refractivity contribution in [3.05, 3.63) is 46.0 Å². The second kappa shape index (κ2) is 6.20. The molecule has 0 aromatic heterocycles. The lowest BCUT2D eigenvalue weighted by molar-refractivity contribution is -0.384. The lowest BCUT2D eigenvalue weighted by Gasteiger charge is -2.25. The molecule has 20 heavy (non-hydrogen) atoms. The predicted molar refractivity (Wildman–Crippen MR) is 74.3 cm³/mol. The van der Waals surface area contributed by atoms with E-state index in [2.05, 4.69) is 19.1 Å². The average Bonchev–Trinajstić information content (AvgIpc) is 2.46. The molecular formula is C15H16N2O3. The molecule has 5 nitrogen and oxygen atoms in total. The third-order valence-corrected chi connectivity index (χ3v) is 3.67. The topological polar surface area (TPSA) is 76.2 Å². The van der Waals surface area contributed by atoms with E-state index in [0.29, 0.717) is 24.2 Å². The molecular weight excluding hydrogens is 256 g/mol. The molecule has 0 bridgehead atoms. The van der Waals surface area contributed by atoms with Crippen LogP contribution < -0.4 is 4.74 Å². The molecule has 104 valence electrons. The zero-order valence-corrected chi connectivity index (χ0v) is 11.3. The first kappa shape index (κ1) is 14.1. The van der Waals surface area contributed by atoms with Gasteiger partial charge in [0.1, 0.15) is 17.4 Å². The summed E-state index contributed by atoms with van der Waals surface area (Å²) in [6.07, 6.45) is 6.33. The smallest absolute Gasteiger partial charge is 0.271 e. The van der Waals surface area contributed by atoms with E-state index in [0.717, 1.165) is 12.8 Å². The van der Waals surface area contributed by atoms with E-state index in [1.54, 1.807) is 0 Å². The number of nitro benzene ring substituents is 1. The van der Waals surface area contributed by atoms with Crippen molar-refractivity contribution in [1.29, 1.82) is 5.26 Å². The summed E-state index contributed by atoms with van der Waals surface area (Å²) in [6, 6.07) is 6.06. The molecule has 2 unspecified atom stereocenters. The van der Waals surface area contributed by atoms with E-state index in [-0.39, 0.29) is 11.3 Å². The molecule has 1 aliphatic carbocycles. The van der Waals surface area contributed by atoms with Crippen molar-refractivity contribution in [1.82, 2.24) is 0 Å². The van der Waals surface area contributed by atoms with Crippen LogP contribution in [0.15, 0.2) is 30.4 Å². The Kier molecular flexibility index (Phi) is 4.36. The zero-order valence-electron chi connectivity index (χ0n) is 11.3. The van der Waals surface area contributed by atoms with Crippen LogP contribution in [0.4, 0.5) is 5.69 Å². The Balaban J connectivity index is 2.08. The van der Waals surface area contributed by atoms with Crippen molar-refractivity contribution in [2.24, 2.45) is 11.8 Å². The molecule has 5 heteroatoms. The van der Waals surface area contributed by atoms with E-state index in [1.807, 2.05) is 6.07 Å². The highest BCUT2D eigenvalue weighted by molar-refractivity contribution is 5.50. The summed E-state index contributed by atoms with van der Waals surface area (Å²) < 4.78 is 5.69. The SMILES string of the molecule is CC1CC=CCC1COc1ccc([N+](=O)[O-])cc1C#N. The number of rotatable bonds is 4. The van der Waals surface area contributed by atoms with Crippen molar-refractivity contribution >= 4 is 5.69 Å². The van der Waals surface area contributed by atoms with Crippen LogP contribution in [0.5, 0.6) is 5.75 Å². The Morgan fingerprint density at radius 3 is 2.85 bits per heavy atom. The fourth-order valence-electron chi connectivity index (χ4n) is 2.28. The Morgan fingerprint density at radius 2 is 2.20 bits per heavy atom. The van der Waals surface area contributed by atoms with Gasteiger partial charge in [-0.05, 0) is 30.7 Å². The van der Waals surface area contributed by atoms with Crippen LogP contribution in [0.1, 0.15) is 25.3 Å². The van der Waals surface area contributed by atoms with Gasteiger partial charge in [0.2, 0.25) is 0 Å². The number of non-ortho nitro benzene ring substituents is 1. The molecule has 2 rings (SSSR count). The third kappa shape index (κ3) is 3.15. The molecule has 0 N–H and O–H groups in total. The summed E-state index contributed by atoms with van der Waals surface area (Å²) in [4.78, 5) is 10.2. The second-order valence-corrected chi connectivity index (χ2v) is 5.04. The highest BCUT2D eigenvalue weighted by Crippen LogP contribution is 2.28. The van der Waals surface area contributed by atoms with Gasteiger partial charge in [-0.25, -0.2) is 0 Å². The van der Waals surface area contributed by atoms with Gasteiger partial charge in [-0.2, -0.15) is 5.26 Å². The van der Waals surface area contributed by atoms with Gasteiger partial charge in [0.15, 0.2) is 0 Å². The number of nitrogens with zero attached hydrogens (tertiary/aromatic N) is 2. The van der Waals surface area contributed by atoms with E-state index >= 15 is 0 Å². The van der Waals surface area contributed by atoms with Gasteiger partial charge in [0.25, 0.3) is 5.69 Å². The zero-order chi connectivity index (χ0) is 14.5. The first-order valence-electron chi connectivity index (χ1n) is 6.58. The van der Waals surface area contributed by atoms with E-state index < -0.39 is 4.92 Å². The molecule has 0 saturated carbocycles. The summed E-state index contributed by atoms with van der Waals surface area (Å²) >= 11 is 0. The Labute approximate surface area is 117 Å². The van der Waals surface area contributed by atoms with E-state index in [1.165, 1.54) is 18.2 Å². The Bertz CT molecular complexity index is 575. The van der Waals surface area contributed by atoms with Gasteiger partial charge in [0, 0.05) is 12.1 Å². The number of hydrogen-bond donors (Lipinski definition) is 0. The van der Waals surface area contributed by atoms with Gasteiger partial charge >= 0.3 is 0 Å². The summed E-state index contributed by atoms with van der Waals surface area (Å²) in [5.74, 6) is 1.38. The van der Waals surface area contributed by atoms with Crippen LogP contribution in [0.2, 0.25) is 0 Å². The van der Waals surface area contributed by atoms with Gasteiger partial charge < -0.3 is 4.74 Å². The van der Waals surface area contributed by atoms with Gasteiger partial charge in [-0.1, -0.05) is 19.1 Å². The number of ether oxygens (including phenoxy) is 1. The number of hydrogen-bond acceptors (Lipinski definition) is 4. The van der Waals surface area contributed by atoms with Crippen molar-refractivity contribution < 1.29 is 9.66 Å². The summed E-state index contributed by atoms with van der Waals surface area (Å²) in [6.45, 7) is 2.70. The number of allylic oxidation sites excluding steroid dienone is 2. The van der Waals surface area contributed by atoms with Crippen LogP contribution in [0.3, 0.4) is 0 Å². The van der Waals surface area contributed by atoms with Crippen molar-refractivity contribution in [3.63, 3.8) is 0 Å². The molecule has 1 aliphatic rings. The van der Waals surface area contributed by atoms with E-state index in [9.17, 15) is 10.1 Å². The first-order valence-corrected chi connectivity index (χ1v) is 6.58. The first-order chi connectivity index (χ1) is 9.61. The monoisotopic (exact) mass is 272 g/mol. The van der Waals surface area contributed by atoms with Crippen LogP contribution in [0, 0.1) is 33.3 Å². The summed E-state index contributed by atoms with van der Waals surface area (Å²) in [5.41, 5.74) is 0.112. The second-order valence-electron chi connectivity index (χ2n) is 5.04. The Hall–Kier alpha value is -2.35. The number of nitro groups is 1. The maximum absolute atomic E-state index is 10.7. The van der Waals surface area contributed by atoms with Gasteiger partial charge in [-0.15, -0.1) is 0 Å². The lowest BCUT2D eigenvalue weighted by atomic mass is 9.85. The highest BCUT2D eigenvalue weighted by atomic mass is 16.6. The maximum Gasteiger partial charge on any atom is 0.271 e. The summed E-state index contributed by atoms with van der Waals surface area (Å²) in [5, 5.41) is 19.7. The number of nitriles is 1. The predicted octanol–water partition coefficient (Wildman–Crippen LogP) is 3.45. The summed E-state index contributed by atoms with van der Waals surface area (Å²) in [7, 11) is 0. The molecule has 0 saturated heterocycles. The van der Waals surface area contributed by atoms with Crippen LogP contribution in [0.25, 0.3) is 0 Å². The molecule has 1 aromatic rings.